The first-order valence-electron chi connectivity index (χ1n) is 11.7. The number of benzene rings is 3. The molecule has 0 spiro atoms. The first-order valence-corrected chi connectivity index (χ1v) is 12.7. The Bertz CT molecular complexity index is 1380. The molecule has 1 atom stereocenters. The Morgan fingerprint density at radius 3 is 2.38 bits per heavy atom. The molecule has 0 saturated carbocycles. The molecular weight excluding hydrogens is 545 g/mol. The van der Waals surface area contributed by atoms with Crippen LogP contribution < -0.4 is 15.9 Å². The van der Waals surface area contributed by atoms with Gasteiger partial charge in [0.1, 0.15) is 17.9 Å². The first-order chi connectivity index (χ1) is 19.1. The molecule has 40 heavy (non-hydrogen) atoms. The Balaban J connectivity index is 1.59. The number of amidine groups is 2. The van der Waals surface area contributed by atoms with Crippen LogP contribution in [-0.4, -0.2) is 46.7 Å². The largest absolute Gasteiger partial charge is 0.573 e. The standard InChI is InChI=1S/C27H25F3N6O3S/c1-18(20-5-3-2-4-6-20)35-26(40-16-24(37)38)36-34-15-19-7-9-21(10-8-19)25(31)33-17-32-22-11-13-23(14-12-22)39-27(28,29)30/h2-15,17-18H,16H2,1H3,(H,35,36)(H,37,38)(H2,31,32,33)/b34-15-. The second kappa shape index (κ2) is 14.5. The van der Waals surface area contributed by atoms with Crippen molar-refractivity contribution in [3.8, 4) is 5.75 Å². The molecule has 1 unspecified atom stereocenters. The average Bonchev–Trinajstić information content (AvgIpc) is 2.92. The van der Waals surface area contributed by atoms with Gasteiger partial charge >= 0.3 is 12.3 Å². The zero-order chi connectivity index (χ0) is 29.0. The van der Waals surface area contributed by atoms with Crippen LogP contribution in [0.2, 0.25) is 0 Å². The first kappa shape index (κ1) is 29.9. The molecule has 4 N–H and O–H groups in total. The number of carbonyl (C=O) groups is 1. The van der Waals surface area contributed by atoms with E-state index in [9.17, 15) is 18.0 Å². The van der Waals surface area contributed by atoms with Crippen molar-refractivity contribution in [3.05, 3.63) is 95.6 Å². The van der Waals surface area contributed by atoms with Gasteiger partial charge in [0.05, 0.1) is 23.7 Å². The zero-order valence-electron chi connectivity index (χ0n) is 21.1. The highest BCUT2D eigenvalue weighted by atomic mass is 32.2. The van der Waals surface area contributed by atoms with Gasteiger partial charge in [-0.3, -0.25) is 15.2 Å². The highest BCUT2D eigenvalue weighted by molar-refractivity contribution is 8.14. The van der Waals surface area contributed by atoms with E-state index in [1.807, 2.05) is 37.3 Å². The normalized spacial score (nSPS) is 13.5. The Morgan fingerprint density at radius 1 is 1.07 bits per heavy atom. The fraction of sp³-hybridized carbons (Fsp3) is 0.148. The molecule has 0 heterocycles. The molecule has 0 radical (unpaired) electrons. The monoisotopic (exact) mass is 570 g/mol. The molecule has 3 aromatic rings. The number of nitrogens with zero attached hydrogens (tertiary/aromatic N) is 4. The lowest BCUT2D eigenvalue weighted by Crippen LogP contribution is -2.17. The summed E-state index contributed by atoms with van der Waals surface area (Å²) in [5.74, 6) is -1.31. The molecule has 3 aromatic carbocycles. The van der Waals surface area contributed by atoms with E-state index in [0.717, 1.165) is 35.0 Å². The van der Waals surface area contributed by atoms with Crippen LogP contribution >= 0.6 is 11.8 Å². The molecule has 0 aromatic heterocycles. The summed E-state index contributed by atoms with van der Waals surface area (Å²) in [6.07, 6.45) is -2.02. The quantitative estimate of drug-likeness (QED) is 0.167. The van der Waals surface area contributed by atoms with Crippen molar-refractivity contribution in [2.75, 3.05) is 5.75 Å². The van der Waals surface area contributed by atoms with Gasteiger partial charge in [0.15, 0.2) is 5.17 Å². The number of thioether (sulfide) groups is 1. The van der Waals surface area contributed by atoms with Gasteiger partial charge in [0, 0.05) is 5.56 Å². The van der Waals surface area contributed by atoms with Crippen molar-refractivity contribution in [1.82, 2.24) is 5.43 Å². The molecule has 0 fully saturated rings. The zero-order valence-corrected chi connectivity index (χ0v) is 21.9. The smallest absolute Gasteiger partial charge is 0.481 e. The van der Waals surface area contributed by atoms with Crippen LogP contribution in [0, 0.1) is 0 Å². The maximum Gasteiger partial charge on any atom is 0.573 e. The number of halogens is 3. The summed E-state index contributed by atoms with van der Waals surface area (Å²) in [5.41, 5.74) is 11.5. The number of ether oxygens (including phenoxy) is 1. The van der Waals surface area contributed by atoms with Crippen molar-refractivity contribution >= 4 is 47.0 Å². The summed E-state index contributed by atoms with van der Waals surface area (Å²) in [6.45, 7) is 1.90. The molecule has 13 heteroatoms. The third-order valence-electron chi connectivity index (χ3n) is 4.98. The Kier molecular flexibility index (Phi) is 10.8. The summed E-state index contributed by atoms with van der Waals surface area (Å²) in [5, 5.41) is 13.6. The number of hydrogen-bond acceptors (Lipinski definition) is 6. The Labute approximate surface area is 232 Å². The molecular formula is C27H25F3N6O3S. The predicted octanol–water partition coefficient (Wildman–Crippen LogP) is 5.51. The van der Waals surface area contributed by atoms with E-state index in [4.69, 9.17) is 10.8 Å². The average molecular weight is 571 g/mol. The molecule has 0 aliphatic heterocycles. The highest BCUT2D eigenvalue weighted by Crippen LogP contribution is 2.24. The van der Waals surface area contributed by atoms with E-state index < -0.39 is 12.3 Å². The summed E-state index contributed by atoms with van der Waals surface area (Å²) >= 11 is 1.03. The minimum atomic E-state index is -4.76. The van der Waals surface area contributed by atoms with Gasteiger partial charge in [-0.25, -0.2) is 9.98 Å². The van der Waals surface area contributed by atoms with Crippen LogP contribution in [0.5, 0.6) is 5.75 Å². The van der Waals surface area contributed by atoms with Gasteiger partial charge in [-0.05, 0) is 42.3 Å². The van der Waals surface area contributed by atoms with E-state index >= 15 is 0 Å². The number of aliphatic imine (C=N–C) groups is 3. The molecule has 0 bridgehead atoms. The third-order valence-corrected chi connectivity index (χ3v) is 5.84. The van der Waals surface area contributed by atoms with Crippen molar-refractivity contribution in [2.45, 2.75) is 19.3 Å². The number of nitrogens with two attached hydrogens (primary N) is 1. The number of carboxylic acids is 1. The van der Waals surface area contributed by atoms with Crippen molar-refractivity contribution in [1.29, 1.82) is 0 Å². The second-order valence-electron chi connectivity index (χ2n) is 8.00. The number of nitrogens with one attached hydrogen (secondary N) is 1. The number of carboxylic acid groups (broad SMARTS) is 1. The highest BCUT2D eigenvalue weighted by Gasteiger charge is 2.30. The van der Waals surface area contributed by atoms with Crippen LogP contribution in [0.1, 0.15) is 29.7 Å². The fourth-order valence-electron chi connectivity index (χ4n) is 3.08. The predicted molar refractivity (Wildman–Crippen MR) is 152 cm³/mol. The van der Waals surface area contributed by atoms with E-state index in [2.05, 4.69) is 30.2 Å². The lowest BCUT2D eigenvalue weighted by atomic mass is 10.1. The molecule has 208 valence electrons. The van der Waals surface area contributed by atoms with E-state index in [0.29, 0.717) is 16.4 Å². The van der Waals surface area contributed by atoms with Gasteiger partial charge in [0.2, 0.25) is 0 Å². The van der Waals surface area contributed by atoms with Crippen LogP contribution in [0.15, 0.2) is 98.9 Å². The number of aliphatic carboxylic acids is 1. The van der Waals surface area contributed by atoms with Crippen molar-refractivity contribution in [3.63, 3.8) is 0 Å². The minimum absolute atomic E-state index is 0.169. The second-order valence-corrected chi connectivity index (χ2v) is 8.96. The molecule has 3 rings (SSSR count). The van der Waals surface area contributed by atoms with Crippen LogP contribution in [0.25, 0.3) is 0 Å². The minimum Gasteiger partial charge on any atom is -0.481 e. The van der Waals surface area contributed by atoms with Crippen molar-refractivity contribution in [2.24, 2.45) is 25.8 Å². The number of hydrogen-bond donors (Lipinski definition) is 3. The molecule has 9 nitrogen and oxygen atoms in total. The summed E-state index contributed by atoms with van der Waals surface area (Å²) < 4.78 is 40.5. The molecule has 0 amide bonds. The number of alkyl halides is 3. The van der Waals surface area contributed by atoms with Gasteiger partial charge in [-0.15, -0.1) is 13.2 Å². The Morgan fingerprint density at radius 2 is 1.75 bits per heavy atom. The lowest BCUT2D eigenvalue weighted by molar-refractivity contribution is -0.274. The lowest BCUT2D eigenvalue weighted by Gasteiger charge is -2.10. The maximum atomic E-state index is 12.2. The number of rotatable bonds is 10. The third kappa shape index (κ3) is 10.6. The van der Waals surface area contributed by atoms with Crippen LogP contribution in [0.4, 0.5) is 18.9 Å². The Hall–Kier alpha value is -4.65. The van der Waals surface area contributed by atoms with E-state index in [1.165, 1.54) is 18.5 Å². The molecule has 0 saturated heterocycles. The van der Waals surface area contributed by atoms with Crippen LogP contribution in [0.3, 0.4) is 0 Å². The van der Waals surface area contributed by atoms with Gasteiger partial charge < -0.3 is 15.6 Å². The number of hydrazone groups is 1. The van der Waals surface area contributed by atoms with Gasteiger partial charge in [-0.2, -0.15) is 5.10 Å². The fourth-order valence-corrected chi connectivity index (χ4v) is 3.69. The topological polar surface area (TPSA) is 134 Å². The SMILES string of the molecule is CC(N=C(N/N=C\c1ccc(C(N)=NC=Nc2ccc(OC(F)(F)F)cc2)cc1)SCC(=O)O)c1ccccc1. The van der Waals surface area contributed by atoms with E-state index in [1.54, 1.807) is 30.5 Å². The summed E-state index contributed by atoms with van der Waals surface area (Å²) in [7, 11) is 0. The summed E-state index contributed by atoms with van der Waals surface area (Å²) in [4.78, 5) is 23.7. The molecule has 0 aliphatic carbocycles. The van der Waals surface area contributed by atoms with Crippen LogP contribution in [-0.2, 0) is 4.79 Å². The maximum absolute atomic E-state index is 12.2. The van der Waals surface area contributed by atoms with Crippen molar-refractivity contribution < 1.29 is 27.8 Å². The van der Waals surface area contributed by atoms with Gasteiger partial charge in [-0.1, -0.05) is 66.4 Å². The molecule has 0 aliphatic rings. The van der Waals surface area contributed by atoms with Gasteiger partial charge in [0.25, 0.3) is 0 Å². The summed E-state index contributed by atoms with van der Waals surface area (Å²) in [6, 6.07) is 21.4. The van der Waals surface area contributed by atoms with E-state index in [-0.39, 0.29) is 23.4 Å².